The molecule has 1 aliphatic rings. The highest BCUT2D eigenvalue weighted by atomic mass is 16.6. The number of aliphatic hydroxyl groups excluding tert-OH is 3. The van der Waals surface area contributed by atoms with Gasteiger partial charge in [-0.05, 0) is 18.6 Å². The number of aromatic nitrogens is 4. The molecule has 1 fully saturated rings. The predicted octanol–water partition coefficient (Wildman–Crippen LogP) is -0.452. The number of hydrogen-bond donors (Lipinski definition) is 6. The normalized spacial score (nSPS) is 22.9. The minimum absolute atomic E-state index is 0.00616. The SMILES string of the molecule is CCCOc1ccccc1/C=N\Nc1nc2c(=O)[nH]c(N)nc2n1[C@@H]1O[C@H](CO)[C@H](O)[C@@H]1O. The standard InChI is InChI=1S/C20H25N7O6/c1-2-7-32-11-6-4-3-5-10(11)8-22-26-20-23-13-16(24-19(21)25-17(13)31)27(20)18-15(30)14(29)12(9-28)33-18/h3-6,8,12,14-15,18,28-30H,2,7,9H2,1H3,(H,23,26)(H3,21,24,25,31)/b22-8-/t12-,14+,15+,18-/m1/s1. The van der Waals surface area contributed by atoms with E-state index in [4.69, 9.17) is 15.2 Å². The number of hydrogen-bond acceptors (Lipinski definition) is 11. The molecular weight excluding hydrogens is 434 g/mol. The maximum absolute atomic E-state index is 12.4. The smallest absolute Gasteiger partial charge is 0.280 e. The molecule has 0 aliphatic carbocycles. The van der Waals surface area contributed by atoms with Gasteiger partial charge in [0.2, 0.25) is 11.9 Å². The van der Waals surface area contributed by atoms with Gasteiger partial charge in [0.25, 0.3) is 5.56 Å². The van der Waals surface area contributed by atoms with E-state index in [1.54, 1.807) is 0 Å². The van der Waals surface area contributed by atoms with Gasteiger partial charge >= 0.3 is 0 Å². The average Bonchev–Trinajstić information content (AvgIpc) is 3.30. The molecule has 1 aliphatic heterocycles. The molecule has 3 aromatic rings. The summed E-state index contributed by atoms with van der Waals surface area (Å²) in [6.45, 7) is 2.03. The number of nitrogen functional groups attached to an aromatic ring is 1. The first kappa shape index (κ1) is 22.7. The summed E-state index contributed by atoms with van der Waals surface area (Å²) in [7, 11) is 0. The summed E-state index contributed by atoms with van der Waals surface area (Å²) in [5, 5.41) is 34.3. The molecule has 1 saturated heterocycles. The van der Waals surface area contributed by atoms with Crippen molar-refractivity contribution >= 4 is 29.3 Å². The molecule has 0 amide bonds. The molecule has 33 heavy (non-hydrogen) atoms. The Morgan fingerprint density at radius 2 is 2.12 bits per heavy atom. The molecule has 0 saturated carbocycles. The van der Waals surface area contributed by atoms with Crippen molar-refractivity contribution in [3.05, 3.63) is 40.2 Å². The molecule has 4 atom stereocenters. The summed E-state index contributed by atoms with van der Waals surface area (Å²) in [6.07, 6.45) is -2.69. The van der Waals surface area contributed by atoms with Gasteiger partial charge in [-0.2, -0.15) is 10.1 Å². The van der Waals surface area contributed by atoms with Crippen molar-refractivity contribution in [1.82, 2.24) is 19.5 Å². The van der Waals surface area contributed by atoms with Gasteiger partial charge in [0.15, 0.2) is 17.4 Å². The van der Waals surface area contributed by atoms with Crippen molar-refractivity contribution in [3.8, 4) is 5.75 Å². The summed E-state index contributed by atoms with van der Waals surface area (Å²) < 4.78 is 12.6. The molecule has 0 spiro atoms. The van der Waals surface area contributed by atoms with Crippen LogP contribution in [-0.2, 0) is 4.74 Å². The Morgan fingerprint density at radius 3 is 2.85 bits per heavy atom. The van der Waals surface area contributed by atoms with Crippen molar-refractivity contribution < 1.29 is 24.8 Å². The third-order valence-corrected chi connectivity index (χ3v) is 5.09. The largest absolute Gasteiger partial charge is 0.493 e. The van der Waals surface area contributed by atoms with Crippen LogP contribution in [-0.4, -0.2) is 72.6 Å². The number of nitrogens with zero attached hydrogens (tertiary/aromatic N) is 4. The number of imidazole rings is 1. The molecule has 0 unspecified atom stereocenters. The second-order valence-corrected chi connectivity index (χ2v) is 7.41. The average molecular weight is 459 g/mol. The number of aromatic amines is 1. The minimum atomic E-state index is -1.44. The Hall–Kier alpha value is -3.52. The Morgan fingerprint density at radius 1 is 1.33 bits per heavy atom. The van der Waals surface area contributed by atoms with Crippen molar-refractivity contribution in [2.45, 2.75) is 37.9 Å². The van der Waals surface area contributed by atoms with Gasteiger partial charge in [-0.3, -0.25) is 14.3 Å². The van der Waals surface area contributed by atoms with Crippen molar-refractivity contribution in [3.63, 3.8) is 0 Å². The van der Waals surface area contributed by atoms with Crippen LogP contribution in [0.2, 0.25) is 0 Å². The van der Waals surface area contributed by atoms with Crippen LogP contribution in [0.15, 0.2) is 34.2 Å². The maximum Gasteiger partial charge on any atom is 0.280 e. The van der Waals surface area contributed by atoms with Gasteiger partial charge in [-0.25, -0.2) is 10.4 Å². The van der Waals surface area contributed by atoms with Crippen molar-refractivity contribution in [2.24, 2.45) is 5.10 Å². The topological polar surface area (TPSA) is 193 Å². The zero-order valence-corrected chi connectivity index (χ0v) is 17.8. The number of ether oxygens (including phenoxy) is 2. The van der Waals surface area contributed by atoms with E-state index in [-0.39, 0.29) is 23.1 Å². The number of fused-ring (bicyclic) bond motifs is 1. The van der Waals surface area contributed by atoms with Gasteiger partial charge in [-0.15, -0.1) is 0 Å². The number of anilines is 2. The van der Waals surface area contributed by atoms with Crippen LogP contribution < -0.4 is 21.5 Å². The van der Waals surface area contributed by atoms with E-state index in [9.17, 15) is 20.1 Å². The molecule has 1 aromatic carbocycles. The first-order chi connectivity index (χ1) is 15.9. The van der Waals surface area contributed by atoms with E-state index < -0.39 is 36.7 Å². The van der Waals surface area contributed by atoms with Crippen LogP contribution in [0, 0.1) is 0 Å². The highest BCUT2D eigenvalue weighted by Gasteiger charge is 2.45. The van der Waals surface area contributed by atoms with E-state index in [0.717, 1.165) is 6.42 Å². The Balaban J connectivity index is 1.71. The first-order valence-corrected chi connectivity index (χ1v) is 10.4. The van der Waals surface area contributed by atoms with E-state index >= 15 is 0 Å². The summed E-state index contributed by atoms with van der Waals surface area (Å²) in [5.41, 5.74) is 8.44. The number of rotatable bonds is 8. The number of nitrogens with one attached hydrogen (secondary N) is 2. The van der Waals surface area contributed by atoms with Crippen LogP contribution in [0.25, 0.3) is 11.2 Å². The predicted molar refractivity (Wildman–Crippen MR) is 119 cm³/mol. The van der Waals surface area contributed by atoms with E-state index in [1.165, 1.54) is 10.8 Å². The fourth-order valence-electron chi connectivity index (χ4n) is 3.50. The quantitative estimate of drug-likeness (QED) is 0.190. The third kappa shape index (κ3) is 4.39. The lowest BCUT2D eigenvalue weighted by Crippen LogP contribution is -2.33. The zero-order valence-electron chi connectivity index (χ0n) is 17.8. The molecule has 13 nitrogen and oxygen atoms in total. The number of H-pyrrole nitrogens is 1. The summed E-state index contributed by atoms with van der Waals surface area (Å²) in [6, 6.07) is 7.32. The number of benzene rings is 1. The molecule has 4 rings (SSSR count). The van der Waals surface area contributed by atoms with Crippen LogP contribution >= 0.6 is 0 Å². The van der Waals surface area contributed by atoms with Crippen molar-refractivity contribution in [2.75, 3.05) is 24.4 Å². The van der Waals surface area contributed by atoms with Crippen LogP contribution in [0.5, 0.6) is 5.75 Å². The molecule has 7 N–H and O–H groups in total. The lowest BCUT2D eigenvalue weighted by molar-refractivity contribution is -0.0501. The fourth-order valence-corrected chi connectivity index (χ4v) is 3.50. The first-order valence-electron chi connectivity index (χ1n) is 10.4. The van der Waals surface area contributed by atoms with E-state index in [0.29, 0.717) is 17.9 Å². The minimum Gasteiger partial charge on any atom is -0.493 e. The lowest BCUT2D eigenvalue weighted by Gasteiger charge is -2.18. The zero-order chi connectivity index (χ0) is 23.5. The molecule has 13 heteroatoms. The van der Waals surface area contributed by atoms with Gasteiger partial charge in [0.1, 0.15) is 24.1 Å². The van der Waals surface area contributed by atoms with Crippen LogP contribution in [0.4, 0.5) is 11.9 Å². The molecular formula is C20H25N7O6. The van der Waals surface area contributed by atoms with Gasteiger partial charge < -0.3 is 30.5 Å². The third-order valence-electron chi connectivity index (χ3n) is 5.09. The maximum atomic E-state index is 12.4. The number of aliphatic hydroxyl groups is 3. The summed E-state index contributed by atoms with van der Waals surface area (Å²) in [4.78, 5) is 23.0. The van der Waals surface area contributed by atoms with Crippen LogP contribution in [0.3, 0.4) is 0 Å². The monoisotopic (exact) mass is 459 g/mol. The summed E-state index contributed by atoms with van der Waals surface area (Å²) >= 11 is 0. The number of nitrogens with two attached hydrogens (primary N) is 1. The Bertz CT molecular complexity index is 1210. The number of hydrazone groups is 1. The second-order valence-electron chi connectivity index (χ2n) is 7.41. The van der Waals surface area contributed by atoms with E-state index in [1.807, 2.05) is 31.2 Å². The molecule has 0 radical (unpaired) electrons. The Kier molecular flexibility index (Phi) is 6.55. The van der Waals surface area contributed by atoms with Crippen molar-refractivity contribution in [1.29, 1.82) is 0 Å². The summed E-state index contributed by atoms with van der Waals surface area (Å²) in [5.74, 6) is 0.483. The van der Waals surface area contributed by atoms with E-state index in [2.05, 4.69) is 25.5 Å². The molecule has 0 bridgehead atoms. The van der Waals surface area contributed by atoms with Crippen LogP contribution in [0.1, 0.15) is 25.1 Å². The fraction of sp³-hybridized carbons (Fsp3) is 0.400. The number of para-hydroxylation sites is 1. The lowest BCUT2D eigenvalue weighted by atomic mass is 10.1. The Labute approximate surface area is 187 Å². The highest BCUT2D eigenvalue weighted by Crippen LogP contribution is 2.34. The van der Waals surface area contributed by atoms with Gasteiger partial charge in [0.05, 0.1) is 19.4 Å². The molecule has 3 heterocycles. The highest BCUT2D eigenvalue weighted by molar-refractivity contribution is 5.84. The van der Waals surface area contributed by atoms with Gasteiger partial charge in [-0.1, -0.05) is 19.1 Å². The molecule has 176 valence electrons. The second kappa shape index (κ2) is 9.54. The van der Waals surface area contributed by atoms with Gasteiger partial charge in [0, 0.05) is 5.56 Å². The molecule has 2 aromatic heterocycles.